The van der Waals surface area contributed by atoms with Crippen LogP contribution >= 0.6 is 0 Å². The van der Waals surface area contributed by atoms with Gasteiger partial charge in [0.1, 0.15) is 0 Å². The Kier molecular flexibility index (Phi) is 11.9. The Morgan fingerprint density at radius 3 is 1.71 bits per heavy atom. The normalized spacial score (nSPS) is 5.29. The zero-order valence-electron chi connectivity index (χ0n) is 3.79. The Bertz CT molecular complexity index is 54.0. The fraction of sp³-hybridized carbons (Fsp3) is 0. The van der Waals surface area contributed by atoms with Crippen LogP contribution in [0.1, 0.15) is 0 Å². The van der Waals surface area contributed by atoms with Crippen LogP contribution in [0.5, 0.6) is 0 Å². The van der Waals surface area contributed by atoms with Crippen LogP contribution in [0.3, 0.4) is 0 Å². The van der Waals surface area contributed by atoms with Crippen molar-refractivity contribution in [3.63, 3.8) is 0 Å². The largest absolute Gasteiger partial charge is 0.516 e. The van der Waals surface area contributed by atoms with Crippen LogP contribution in [0.25, 0.3) is 0 Å². The molecule has 0 bridgehead atoms. The molecule has 3 heteroatoms. The first-order valence-electron chi connectivity index (χ1n) is 1.45. The topological polar surface area (TPSA) is 57.5 Å². The Labute approximate surface area is 41.9 Å². The van der Waals surface area contributed by atoms with Gasteiger partial charge in [-0.2, -0.15) is 0 Å². The lowest BCUT2D eigenvalue weighted by molar-refractivity contribution is -0.131. The van der Waals surface area contributed by atoms with E-state index in [2.05, 4.69) is 13.5 Å². The number of aliphatic carboxylic acids is 1. The maximum absolute atomic E-state index is 8.89. The summed E-state index contributed by atoms with van der Waals surface area (Å²) < 4.78 is 0. The molecule has 0 spiro atoms. The predicted octanol–water partition coefficient (Wildman–Crippen LogP) is 0.593. The van der Waals surface area contributed by atoms with Crippen molar-refractivity contribution in [3.8, 4) is 0 Å². The lowest BCUT2D eigenvalue weighted by Crippen LogP contribution is -1.79. The number of hydrogen-bond acceptors (Lipinski definition) is 2. The van der Waals surface area contributed by atoms with E-state index in [1.54, 1.807) is 0 Å². The molecule has 0 fully saturated rings. The molecular formula is C4H7O3. The Balaban J connectivity index is 0. The molecule has 41 valence electrons. The van der Waals surface area contributed by atoms with Crippen molar-refractivity contribution in [2.45, 2.75) is 0 Å². The van der Waals surface area contributed by atoms with Gasteiger partial charge in [-0.3, -0.25) is 4.79 Å². The minimum atomic E-state index is -1.08. The van der Waals surface area contributed by atoms with Gasteiger partial charge in [-0.15, -0.1) is 0 Å². The number of carboxylic acids is 1. The van der Waals surface area contributed by atoms with E-state index in [4.69, 9.17) is 15.0 Å². The van der Waals surface area contributed by atoms with Crippen molar-refractivity contribution in [2.75, 3.05) is 0 Å². The highest BCUT2D eigenvalue weighted by atomic mass is 16.4. The van der Waals surface area contributed by atoms with Crippen LogP contribution < -0.4 is 0 Å². The lowest BCUT2D eigenvalue weighted by atomic mass is 10.9. The molecule has 0 aromatic rings. The summed E-state index contributed by atoms with van der Waals surface area (Å²) in [6, 6.07) is 0. The fourth-order valence-corrected chi connectivity index (χ4v) is 0. The lowest BCUT2D eigenvalue weighted by Gasteiger charge is -1.58. The van der Waals surface area contributed by atoms with Gasteiger partial charge in [0.15, 0.2) is 0 Å². The molecule has 0 saturated heterocycles. The van der Waals surface area contributed by atoms with E-state index in [0.717, 1.165) is 6.26 Å². The Morgan fingerprint density at radius 1 is 1.71 bits per heavy atom. The van der Waals surface area contributed by atoms with Crippen LogP contribution in [0.15, 0.2) is 12.8 Å². The maximum Gasteiger partial charge on any atom is 0.303 e. The second-order valence-corrected chi connectivity index (χ2v) is 0.576. The highest BCUT2D eigenvalue weighted by Crippen LogP contribution is 1.40. The summed E-state index contributed by atoms with van der Waals surface area (Å²) in [5.74, 6) is -1.08. The van der Waals surface area contributed by atoms with E-state index in [1.807, 2.05) is 0 Å². The first-order valence-corrected chi connectivity index (χ1v) is 1.45. The molecule has 0 heterocycles. The molecule has 0 amide bonds. The van der Waals surface area contributed by atoms with Crippen molar-refractivity contribution in [3.05, 3.63) is 19.8 Å². The quantitative estimate of drug-likeness (QED) is 0.441. The summed E-state index contributed by atoms with van der Waals surface area (Å²) in [5.41, 5.74) is 0. The minimum absolute atomic E-state index is 0.750. The molecule has 0 aliphatic rings. The van der Waals surface area contributed by atoms with Gasteiger partial charge < -0.3 is 10.2 Å². The molecule has 1 radical (unpaired) electrons. The molecule has 3 nitrogen and oxygen atoms in total. The van der Waals surface area contributed by atoms with Crippen molar-refractivity contribution < 1.29 is 15.0 Å². The minimum Gasteiger partial charge on any atom is -0.516 e. The number of carbonyl (C=O) groups is 1. The van der Waals surface area contributed by atoms with Crippen molar-refractivity contribution in [1.82, 2.24) is 0 Å². The molecule has 0 aromatic heterocycles. The van der Waals surface area contributed by atoms with Crippen LogP contribution in [-0.2, 0) is 4.79 Å². The third-order valence-corrected chi connectivity index (χ3v) is 0. The third kappa shape index (κ3) is 46.3. The van der Waals surface area contributed by atoms with E-state index in [1.165, 1.54) is 0 Å². The number of aliphatic hydroxyl groups is 1. The van der Waals surface area contributed by atoms with Crippen molar-refractivity contribution in [2.24, 2.45) is 0 Å². The van der Waals surface area contributed by atoms with E-state index >= 15 is 0 Å². The van der Waals surface area contributed by atoms with Crippen molar-refractivity contribution >= 4 is 5.97 Å². The Hall–Kier alpha value is -0.990. The van der Waals surface area contributed by atoms with E-state index < -0.39 is 5.97 Å². The SMILES string of the molecule is C=CO.[CH2]C(=O)O. The standard InChI is InChI=1S/C2H3O2.C2H4O/c1-2(3)4;1-2-3/h1H2,(H,3,4);2-3H,1H2. The highest BCUT2D eigenvalue weighted by molar-refractivity contribution is 5.71. The third-order valence-electron chi connectivity index (χ3n) is 0. The van der Waals surface area contributed by atoms with Gasteiger partial charge in [-0.25, -0.2) is 0 Å². The predicted molar refractivity (Wildman–Crippen MR) is 25.8 cm³/mol. The second-order valence-electron chi connectivity index (χ2n) is 0.576. The average Bonchev–Trinajstić information content (AvgIpc) is 1.33. The Morgan fingerprint density at radius 2 is 1.71 bits per heavy atom. The smallest absolute Gasteiger partial charge is 0.303 e. The number of aliphatic hydroxyl groups excluding tert-OH is 1. The van der Waals surface area contributed by atoms with Crippen LogP contribution in [0, 0.1) is 6.92 Å². The highest BCUT2D eigenvalue weighted by Gasteiger charge is 1.66. The molecule has 0 aliphatic carbocycles. The number of hydrogen-bond donors (Lipinski definition) is 2. The first kappa shape index (κ1) is 9.38. The first-order chi connectivity index (χ1) is 3.15. The summed E-state index contributed by atoms with van der Waals surface area (Å²) in [6.07, 6.45) is 0.750. The van der Waals surface area contributed by atoms with Gasteiger partial charge in [0.25, 0.3) is 0 Å². The van der Waals surface area contributed by atoms with Gasteiger partial charge >= 0.3 is 5.97 Å². The zero-order chi connectivity index (χ0) is 6.28. The number of rotatable bonds is 0. The summed E-state index contributed by atoms with van der Waals surface area (Å²) in [5, 5.41) is 14.6. The maximum atomic E-state index is 8.89. The van der Waals surface area contributed by atoms with Crippen LogP contribution in [0.4, 0.5) is 0 Å². The monoisotopic (exact) mass is 103 g/mol. The molecule has 0 saturated carbocycles. The summed E-state index contributed by atoms with van der Waals surface area (Å²) in [7, 11) is 0. The summed E-state index contributed by atoms with van der Waals surface area (Å²) >= 11 is 0. The van der Waals surface area contributed by atoms with E-state index in [-0.39, 0.29) is 0 Å². The molecule has 0 aliphatic heterocycles. The molecule has 0 aromatic carbocycles. The van der Waals surface area contributed by atoms with E-state index in [9.17, 15) is 0 Å². The molecule has 0 rings (SSSR count). The molecule has 0 unspecified atom stereocenters. The van der Waals surface area contributed by atoms with Crippen LogP contribution in [0.2, 0.25) is 0 Å². The van der Waals surface area contributed by atoms with E-state index in [0.29, 0.717) is 0 Å². The van der Waals surface area contributed by atoms with Gasteiger partial charge in [0.2, 0.25) is 0 Å². The molecular weight excluding hydrogens is 96.0 g/mol. The van der Waals surface area contributed by atoms with Crippen LogP contribution in [-0.4, -0.2) is 16.2 Å². The van der Waals surface area contributed by atoms with Crippen molar-refractivity contribution in [1.29, 1.82) is 0 Å². The average molecular weight is 103 g/mol. The summed E-state index contributed by atoms with van der Waals surface area (Å²) in [6.45, 7) is 5.47. The molecule has 2 N–H and O–H groups in total. The van der Waals surface area contributed by atoms with Gasteiger partial charge in [-0.05, 0) is 0 Å². The molecule has 0 atom stereocenters. The number of carboxylic acid groups (broad SMARTS) is 1. The van der Waals surface area contributed by atoms with Gasteiger partial charge in [0.05, 0.1) is 13.2 Å². The van der Waals surface area contributed by atoms with Gasteiger partial charge in [-0.1, -0.05) is 6.58 Å². The van der Waals surface area contributed by atoms with Gasteiger partial charge in [0, 0.05) is 0 Å². The zero-order valence-corrected chi connectivity index (χ0v) is 3.79. The second kappa shape index (κ2) is 8.89. The fourth-order valence-electron chi connectivity index (χ4n) is 0. The summed E-state index contributed by atoms with van der Waals surface area (Å²) in [4.78, 5) is 8.89. The molecule has 7 heavy (non-hydrogen) atoms.